The monoisotopic (exact) mass is 376 g/mol. The number of anilines is 2. The fourth-order valence-corrected chi connectivity index (χ4v) is 4.57. The normalized spacial score (nSPS) is 17.5. The zero-order chi connectivity index (χ0) is 17.6. The number of hydrogen-bond donors (Lipinski definition) is 1. The van der Waals surface area contributed by atoms with Crippen molar-refractivity contribution in [1.29, 1.82) is 0 Å². The molecule has 1 aliphatic heterocycles. The van der Waals surface area contributed by atoms with Gasteiger partial charge in [0.05, 0.1) is 5.75 Å². The van der Waals surface area contributed by atoms with Crippen molar-refractivity contribution in [1.82, 2.24) is 15.1 Å². The minimum Gasteiger partial charge on any atom is -0.342 e. The molecule has 1 amide bonds. The molecule has 0 spiro atoms. The van der Waals surface area contributed by atoms with Gasteiger partial charge in [-0.2, -0.15) is 0 Å². The molecular formula is C18H24N4OS2. The Morgan fingerprint density at radius 2 is 2.16 bits per heavy atom. The fraction of sp³-hybridized carbons (Fsp3) is 0.500. The van der Waals surface area contributed by atoms with Crippen molar-refractivity contribution >= 4 is 39.8 Å². The van der Waals surface area contributed by atoms with Gasteiger partial charge in [0.1, 0.15) is 0 Å². The average molecular weight is 377 g/mol. The zero-order valence-corrected chi connectivity index (χ0v) is 16.3. The highest BCUT2D eigenvalue weighted by Gasteiger charge is 2.21. The number of nitrogens with zero attached hydrogens (tertiary/aromatic N) is 3. The van der Waals surface area contributed by atoms with E-state index in [-0.39, 0.29) is 5.91 Å². The molecule has 0 bridgehead atoms. The molecule has 1 atom stereocenters. The van der Waals surface area contributed by atoms with Crippen LogP contribution in [0.3, 0.4) is 0 Å². The van der Waals surface area contributed by atoms with Gasteiger partial charge < -0.3 is 10.2 Å². The zero-order valence-electron chi connectivity index (χ0n) is 14.7. The average Bonchev–Trinajstić information content (AvgIpc) is 3.08. The van der Waals surface area contributed by atoms with Crippen LogP contribution in [-0.2, 0) is 11.2 Å². The molecule has 2 aromatic rings. The lowest BCUT2D eigenvalue weighted by Crippen LogP contribution is -2.40. The van der Waals surface area contributed by atoms with E-state index in [1.807, 2.05) is 17.0 Å². The highest BCUT2D eigenvalue weighted by atomic mass is 32.2. The quantitative estimate of drug-likeness (QED) is 0.766. The van der Waals surface area contributed by atoms with Gasteiger partial charge in [-0.05, 0) is 42.9 Å². The molecule has 1 aromatic carbocycles. The number of nitrogens with one attached hydrogen (secondary N) is 1. The van der Waals surface area contributed by atoms with Gasteiger partial charge in [-0.15, -0.1) is 10.2 Å². The summed E-state index contributed by atoms with van der Waals surface area (Å²) >= 11 is 2.96. The number of amides is 1. The van der Waals surface area contributed by atoms with Crippen molar-refractivity contribution in [2.75, 3.05) is 24.2 Å². The Morgan fingerprint density at radius 3 is 2.88 bits per heavy atom. The lowest BCUT2D eigenvalue weighted by atomic mass is 10.0. The first kappa shape index (κ1) is 18.2. The third-order valence-corrected chi connectivity index (χ3v) is 6.31. The van der Waals surface area contributed by atoms with Crippen LogP contribution in [0, 0.1) is 5.92 Å². The molecule has 3 rings (SSSR count). The van der Waals surface area contributed by atoms with Crippen LogP contribution in [0.4, 0.5) is 10.8 Å². The molecule has 134 valence electrons. The first-order chi connectivity index (χ1) is 12.1. The summed E-state index contributed by atoms with van der Waals surface area (Å²) in [6.45, 7) is 6.13. The van der Waals surface area contributed by atoms with Crippen molar-refractivity contribution in [3.8, 4) is 0 Å². The Hall–Kier alpha value is -1.60. The van der Waals surface area contributed by atoms with Gasteiger partial charge in [0.2, 0.25) is 11.0 Å². The topological polar surface area (TPSA) is 58.1 Å². The number of hydrogen-bond acceptors (Lipinski definition) is 6. The van der Waals surface area contributed by atoms with E-state index < -0.39 is 0 Å². The molecule has 1 saturated heterocycles. The first-order valence-electron chi connectivity index (χ1n) is 8.74. The number of aryl methyl sites for hydroxylation is 1. The summed E-state index contributed by atoms with van der Waals surface area (Å²) in [5, 5.41) is 12.4. The Balaban J connectivity index is 1.50. The molecule has 1 unspecified atom stereocenters. The largest absolute Gasteiger partial charge is 0.342 e. The lowest BCUT2D eigenvalue weighted by molar-refractivity contribution is -0.130. The minimum atomic E-state index is 0.205. The number of likely N-dealkylation sites (tertiary alicyclic amines) is 1. The number of thioether (sulfide) groups is 1. The summed E-state index contributed by atoms with van der Waals surface area (Å²) in [4.78, 5) is 14.3. The third-order valence-electron chi connectivity index (χ3n) is 4.35. The molecule has 0 radical (unpaired) electrons. The number of rotatable bonds is 6. The van der Waals surface area contributed by atoms with Gasteiger partial charge in [0.25, 0.3) is 0 Å². The fourth-order valence-electron chi connectivity index (χ4n) is 2.90. The molecule has 0 aliphatic carbocycles. The number of piperidine rings is 1. The van der Waals surface area contributed by atoms with Crippen molar-refractivity contribution in [3.63, 3.8) is 0 Å². The number of carbonyl (C=O) groups is 1. The van der Waals surface area contributed by atoms with E-state index >= 15 is 0 Å². The molecule has 1 aromatic heterocycles. The Labute approximate surface area is 157 Å². The Kier molecular flexibility index (Phi) is 6.31. The van der Waals surface area contributed by atoms with Gasteiger partial charge in [0.15, 0.2) is 4.34 Å². The summed E-state index contributed by atoms with van der Waals surface area (Å²) in [6.07, 6.45) is 3.37. The van der Waals surface area contributed by atoms with Gasteiger partial charge in [-0.1, -0.05) is 49.1 Å². The van der Waals surface area contributed by atoms with Crippen molar-refractivity contribution in [3.05, 3.63) is 29.8 Å². The standard InChI is InChI=1S/C18H24N4OS2/c1-3-14-6-8-15(9-7-14)19-17-20-21-18(25-17)24-12-16(23)22-10-4-5-13(2)11-22/h6-9,13H,3-5,10-12H2,1-2H3,(H,19,20). The van der Waals surface area contributed by atoms with Crippen molar-refractivity contribution < 1.29 is 4.79 Å². The molecule has 1 fully saturated rings. The molecule has 1 aliphatic rings. The predicted molar refractivity (Wildman–Crippen MR) is 105 cm³/mol. The molecule has 1 N–H and O–H groups in total. The summed E-state index contributed by atoms with van der Waals surface area (Å²) in [7, 11) is 0. The van der Waals surface area contributed by atoms with E-state index in [2.05, 4.69) is 41.5 Å². The van der Waals surface area contributed by atoms with E-state index in [1.54, 1.807) is 0 Å². The van der Waals surface area contributed by atoms with E-state index in [0.717, 1.165) is 41.1 Å². The van der Waals surface area contributed by atoms with Gasteiger partial charge in [-0.3, -0.25) is 4.79 Å². The maximum absolute atomic E-state index is 12.3. The predicted octanol–water partition coefficient (Wildman–Crippen LogP) is 4.19. The maximum atomic E-state index is 12.3. The number of aromatic nitrogens is 2. The second-order valence-corrected chi connectivity index (χ2v) is 8.62. The summed E-state index contributed by atoms with van der Waals surface area (Å²) < 4.78 is 0.825. The van der Waals surface area contributed by atoms with E-state index in [0.29, 0.717) is 11.7 Å². The third kappa shape index (κ3) is 5.19. The molecular weight excluding hydrogens is 352 g/mol. The number of carbonyl (C=O) groups excluding carboxylic acids is 1. The van der Waals surface area contributed by atoms with Crippen LogP contribution in [0.1, 0.15) is 32.3 Å². The lowest BCUT2D eigenvalue weighted by Gasteiger charge is -2.30. The van der Waals surface area contributed by atoms with Crippen LogP contribution in [0.25, 0.3) is 0 Å². The smallest absolute Gasteiger partial charge is 0.233 e. The Bertz CT molecular complexity index is 701. The summed E-state index contributed by atoms with van der Waals surface area (Å²) in [5.41, 5.74) is 2.31. The SMILES string of the molecule is CCc1ccc(Nc2nnc(SCC(=O)N3CCCC(C)C3)s2)cc1. The van der Waals surface area contributed by atoms with Crippen LogP contribution < -0.4 is 5.32 Å². The van der Waals surface area contributed by atoms with E-state index in [4.69, 9.17) is 0 Å². The highest BCUT2D eigenvalue weighted by molar-refractivity contribution is 8.01. The number of benzene rings is 1. The van der Waals surface area contributed by atoms with Crippen LogP contribution in [0.2, 0.25) is 0 Å². The second kappa shape index (κ2) is 8.67. The first-order valence-corrected chi connectivity index (χ1v) is 10.5. The molecule has 5 nitrogen and oxygen atoms in total. The van der Waals surface area contributed by atoms with Crippen molar-refractivity contribution in [2.24, 2.45) is 5.92 Å². The van der Waals surface area contributed by atoms with Crippen molar-refractivity contribution in [2.45, 2.75) is 37.4 Å². The van der Waals surface area contributed by atoms with Crippen LogP contribution in [0.5, 0.6) is 0 Å². The summed E-state index contributed by atoms with van der Waals surface area (Å²) in [6, 6.07) is 8.32. The highest BCUT2D eigenvalue weighted by Crippen LogP contribution is 2.28. The maximum Gasteiger partial charge on any atom is 0.233 e. The van der Waals surface area contributed by atoms with Gasteiger partial charge >= 0.3 is 0 Å². The minimum absolute atomic E-state index is 0.205. The second-order valence-electron chi connectivity index (χ2n) is 6.42. The molecule has 7 heteroatoms. The van der Waals surface area contributed by atoms with E-state index in [1.165, 1.54) is 35.1 Å². The Morgan fingerprint density at radius 1 is 1.36 bits per heavy atom. The van der Waals surface area contributed by atoms with Crippen LogP contribution in [0.15, 0.2) is 28.6 Å². The molecule has 2 heterocycles. The van der Waals surface area contributed by atoms with E-state index in [9.17, 15) is 4.79 Å². The van der Waals surface area contributed by atoms with Gasteiger partial charge in [0, 0.05) is 18.8 Å². The molecule has 25 heavy (non-hydrogen) atoms. The summed E-state index contributed by atoms with van der Waals surface area (Å²) in [5.74, 6) is 1.25. The van der Waals surface area contributed by atoms with Crippen LogP contribution in [-0.4, -0.2) is 39.8 Å². The van der Waals surface area contributed by atoms with Crippen LogP contribution >= 0.6 is 23.1 Å². The van der Waals surface area contributed by atoms with Gasteiger partial charge in [-0.25, -0.2) is 0 Å². The molecule has 0 saturated carbocycles.